The number of carbonyl (C=O) groups is 2. The molecule has 172 valence electrons. The molecule has 0 radical (unpaired) electrons. The fourth-order valence-electron chi connectivity index (χ4n) is 3.24. The molecular formula is C24H28N6O3. The van der Waals surface area contributed by atoms with Gasteiger partial charge in [-0.1, -0.05) is 29.4 Å². The third-order valence-electron chi connectivity index (χ3n) is 4.82. The fourth-order valence-corrected chi connectivity index (χ4v) is 3.24. The molecule has 0 aliphatic heterocycles. The minimum Gasteiger partial charge on any atom is -0.384 e. The van der Waals surface area contributed by atoms with Crippen molar-refractivity contribution in [1.29, 1.82) is 0 Å². The van der Waals surface area contributed by atoms with E-state index in [0.717, 1.165) is 17.0 Å². The van der Waals surface area contributed by atoms with Gasteiger partial charge in [0.1, 0.15) is 0 Å². The van der Waals surface area contributed by atoms with Crippen LogP contribution in [0.5, 0.6) is 0 Å². The Morgan fingerprint density at radius 1 is 1.09 bits per heavy atom. The average molecular weight is 449 g/mol. The summed E-state index contributed by atoms with van der Waals surface area (Å²) >= 11 is 0. The van der Waals surface area contributed by atoms with E-state index in [1.54, 1.807) is 38.4 Å². The van der Waals surface area contributed by atoms with Crippen LogP contribution in [0.3, 0.4) is 0 Å². The van der Waals surface area contributed by atoms with Gasteiger partial charge in [0, 0.05) is 36.6 Å². The van der Waals surface area contributed by atoms with E-state index in [-0.39, 0.29) is 18.3 Å². The van der Waals surface area contributed by atoms with Gasteiger partial charge in [-0.15, -0.1) is 0 Å². The number of hydrogen-bond donors (Lipinski definition) is 2. The minimum absolute atomic E-state index is 0.153. The van der Waals surface area contributed by atoms with Crippen LogP contribution >= 0.6 is 0 Å². The Balaban J connectivity index is 1.57. The summed E-state index contributed by atoms with van der Waals surface area (Å²) in [6.07, 6.45) is 0. The third-order valence-corrected chi connectivity index (χ3v) is 4.82. The highest BCUT2D eigenvalue weighted by Crippen LogP contribution is 2.12. The second kappa shape index (κ2) is 10.4. The number of oxime groups is 1. The Morgan fingerprint density at radius 3 is 2.52 bits per heavy atom. The zero-order chi connectivity index (χ0) is 24.0. The zero-order valence-corrected chi connectivity index (χ0v) is 19.2. The predicted octanol–water partition coefficient (Wildman–Crippen LogP) is 2.53. The largest absolute Gasteiger partial charge is 0.384 e. The van der Waals surface area contributed by atoms with Gasteiger partial charge in [-0.25, -0.2) is 0 Å². The smallest absolute Gasteiger partial charge is 0.265 e. The van der Waals surface area contributed by atoms with Crippen molar-refractivity contribution >= 4 is 23.3 Å². The highest BCUT2D eigenvalue weighted by Gasteiger charge is 2.10. The minimum atomic E-state index is -0.417. The van der Waals surface area contributed by atoms with E-state index in [9.17, 15) is 9.59 Å². The summed E-state index contributed by atoms with van der Waals surface area (Å²) in [4.78, 5) is 30.9. The van der Waals surface area contributed by atoms with Gasteiger partial charge < -0.3 is 20.8 Å². The number of amides is 2. The van der Waals surface area contributed by atoms with E-state index in [2.05, 4.69) is 15.6 Å². The molecule has 0 atom stereocenters. The summed E-state index contributed by atoms with van der Waals surface area (Å²) in [6, 6.07) is 16.3. The molecule has 0 fully saturated rings. The molecule has 0 bridgehead atoms. The molecule has 1 aromatic heterocycles. The van der Waals surface area contributed by atoms with E-state index in [1.165, 1.54) is 4.90 Å². The van der Waals surface area contributed by atoms with Gasteiger partial charge in [0.15, 0.2) is 12.4 Å². The molecule has 9 heteroatoms. The Hall–Kier alpha value is -4.14. The summed E-state index contributed by atoms with van der Waals surface area (Å²) in [5, 5.41) is 11.0. The second-order valence-electron chi connectivity index (χ2n) is 7.86. The van der Waals surface area contributed by atoms with Crippen molar-refractivity contribution in [3.63, 3.8) is 0 Å². The van der Waals surface area contributed by atoms with Crippen molar-refractivity contribution in [2.75, 3.05) is 26.0 Å². The molecule has 1 heterocycles. The Bertz CT molecular complexity index is 1180. The van der Waals surface area contributed by atoms with Gasteiger partial charge >= 0.3 is 0 Å². The molecule has 9 nitrogen and oxygen atoms in total. The first-order valence-electron chi connectivity index (χ1n) is 10.4. The number of nitrogens with zero attached hydrogens (tertiary/aromatic N) is 4. The molecule has 0 aliphatic carbocycles. The Labute approximate surface area is 192 Å². The highest BCUT2D eigenvalue weighted by atomic mass is 16.6. The van der Waals surface area contributed by atoms with Crippen LogP contribution in [0, 0.1) is 13.8 Å². The summed E-state index contributed by atoms with van der Waals surface area (Å²) in [5.41, 5.74) is 10.7. The van der Waals surface area contributed by atoms with Gasteiger partial charge in [0.05, 0.1) is 12.2 Å². The molecule has 0 unspecified atom stereocenters. The van der Waals surface area contributed by atoms with E-state index < -0.39 is 5.91 Å². The van der Waals surface area contributed by atoms with Crippen LogP contribution in [0.1, 0.15) is 32.9 Å². The maximum atomic E-state index is 12.2. The summed E-state index contributed by atoms with van der Waals surface area (Å²) in [7, 11) is 3.33. The predicted molar refractivity (Wildman–Crippen MR) is 127 cm³/mol. The lowest BCUT2D eigenvalue weighted by Gasteiger charge is -2.11. The van der Waals surface area contributed by atoms with Gasteiger partial charge in [0.25, 0.3) is 11.8 Å². The summed E-state index contributed by atoms with van der Waals surface area (Å²) < 4.78 is 1.92. The molecule has 3 N–H and O–H groups in total. The summed E-state index contributed by atoms with van der Waals surface area (Å²) in [5.74, 6) is -0.407. The zero-order valence-electron chi connectivity index (χ0n) is 19.2. The lowest BCUT2D eigenvalue weighted by atomic mass is 10.1. The number of rotatable bonds is 8. The molecule has 3 rings (SSSR count). The molecular weight excluding hydrogens is 420 g/mol. The first-order chi connectivity index (χ1) is 15.7. The van der Waals surface area contributed by atoms with Gasteiger partial charge in [-0.2, -0.15) is 5.10 Å². The molecule has 33 heavy (non-hydrogen) atoms. The molecule has 0 aliphatic rings. The average Bonchev–Trinajstić information content (AvgIpc) is 3.09. The molecule has 0 spiro atoms. The SMILES string of the molecule is Cc1cc(C)n(Cc2cccc(/C(N)=N\OCC(=O)Nc3cccc(C(=O)N(C)C)c3)c2)n1. The van der Waals surface area contributed by atoms with Crippen LogP contribution < -0.4 is 11.1 Å². The van der Waals surface area contributed by atoms with Crippen molar-refractivity contribution in [2.45, 2.75) is 20.4 Å². The quantitative estimate of drug-likeness (QED) is 0.312. The normalized spacial score (nSPS) is 11.2. The van der Waals surface area contributed by atoms with Crippen LogP contribution in [0.15, 0.2) is 59.8 Å². The van der Waals surface area contributed by atoms with Crippen molar-refractivity contribution in [3.8, 4) is 0 Å². The van der Waals surface area contributed by atoms with Crippen LogP contribution in [0.25, 0.3) is 0 Å². The highest BCUT2D eigenvalue weighted by molar-refractivity contribution is 5.98. The van der Waals surface area contributed by atoms with Crippen LogP contribution in [0.2, 0.25) is 0 Å². The number of nitrogens with one attached hydrogen (secondary N) is 1. The first kappa shape index (κ1) is 23.5. The maximum Gasteiger partial charge on any atom is 0.265 e. The monoisotopic (exact) mass is 448 g/mol. The Kier molecular flexibility index (Phi) is 7.45. The number of aryl methyl sites for hydroxylation is 2. The van der Waals surface area contributed by atoms with E-state index in [4.69, 9.17) is 10.6 Å². The lowest BCUT2D eigenvalue weighted by molar-refractivity contribution is -0.120. The van der Waals surface area contributed by atoms with Crippen molar-refractivity contribution in [2.24, 2.45) is 10.9 Å². The number of carbonyl (C=O) groups excluding carboxylic acids is 2. The molecule has 3 aromatic rings. The van der Waals surface area contributed by atoms with Crippen molar-refractivity contribution < 1.29 is 14.4 Å². The lowest BCUT2D eigenvalue weighted by Crippen LogP contribution is -2.22. The fraction of sp³-hybridized carbons (Fsp3) is 0.250. The molecule has 0 saturated carbocycles. The topological polar surface area (TPSA) is 115 Å². The van der Waals surface area contributed by atoms with Gasteiger partial charge in [-0.3, -0.25) is 14.3 Å². The van der Waals surface area contributed by atoms with Crippen LogP contribution in [0.4, 0.5) is 5.69 Å². The standard InChI is InChI=1S/C24H28N6O3/c1-16-11-17(2)30(27-16)14-18-7-5-8-19(12-18)23(25)28-33-15-22(31)26-21-10-6-9-20(13-21)24(32)29(3)4/h5-13H,14-15H2,1-4H3,(H2,25,28)(H,26,31). The van der Waals surface area contributed by atoms with Crippen LogP contribution in [-0.4, -0.2) is 53.0 Å². The number of hydrogen-bond acceptors (Lipinski definition) is 5. The first-order valence-corrected chi connectivity index (χ1v) is 10.4. The maximum absolute atomic E-state index is 12.2. The molecule has 2 aromatic carbocycles. The van der Waals surface area contributed by atoms with Crippen LogP contribution in [-0.2, 0) is 16.2 Å². The van der Waals surface area contributed by atoms with Gasteiger partial charge in [0.2, 0.25) is 0 Å². The third kappa shape index (κ3) is 6.42. The van der Waals surface area contributed by atoms with Crippen molar-refractivity contribution in [1.82, 2.24) is 14.7 Å². The molecule has 0 saturated heterocycles. The second-order valence-corrected chi connectivity index (χ2v) is 7.86. The van der Waals surface area contributed by atoms with Gasteiger partial charge in [-0.05, 0) is 49.7 Å². The van der Waals surface area contributed by atoms with E-state index in [0.29, 0.717) is 23.4 Å². The number of anilines is 1. The Morgan fingerprint density at radius 2 is 1.82 bits per heavy atom. The van der Waals surface area contributed by atoms with Crippen molar-refractivity contribution in [3.05, 3.63) is 82.7 Å². The number of amidine groups is 1. The summed E-state index contributed by atoms with van der Waals surface area (Å²) in [6.45, 7) is 4.25. The number of aromatic nitrogens is 2. The van der Waals surface area contributed by atoms with E-state index >= 15 is 0 Å². The number of benzene rings is 2. The number of nitrogens with two attached hydrogens (primary N) is 1. The van der Waals surface area contributed by atoms with E-state index in [1.807, 2.05) is 48.9 Å². The molecule has 2 amide bonds.